The van der Waals surface area contributed by atoms with Crippen LogP contribution in [0, 0.1) is 0 Å². The normalized spacial score (nSPS) is 14.5. The van der Waals surface area contributed by atoms with Crippen LogP contribution >= 0.6 is 11.8 Å². The molecule has 0 spiro atoms. The summed E-state index contributed by atoms with van der Waals surface area (Å²) in [4.78, 5) is 11.2. The third kappa shape index (κ3) is 2.73. The lowest BCUT2D eigenvalue weighted by atomic mass is 9.88. The lowest BCUT2D eigenvalue weighted by molar-refractivity contribution is -0.143. The highest BCUT2D eigenvalue weighted by atomic mass is 32.2. The summed E-state index contributed by atoms with van der Waals surface area (Å²) in [5.74, 6) is -0.236. The van der Waals surface area contributed by atoms with Gasteiger partial charge in [0.1, 0.15) is 5.54 Å². The number of aliphatic carboxylic acids is 1. The molecule has 0 radical (unpaired) electrons. The van der Waals surface area contributed by atoms with Crippen LogP contribution in [0.1, 0.15) is 12.0 Å². The number of carboxylic acids is 1. The van der Waals surface area contributed by atoms with E-state index in [1.807, 2.05) is 12.3 Å². The summed E-state index contributed by atoms with van der Waals surface area (Å²) in [7, 11) is 0. The first kappa shape index (κ1) is 12.1. The van der Waals surface area contributed by atoms with Crippen LogP contribution in [0.2, 0.25) is 0 Å². The minimum absolute atomic E-state index is 0.438. The van der Waals surface area contributed by atoms with Crippen molar-refractivity contribution in [3.63, 3.8) is 0 Å². The number of hydrogen-bond acceptors (Lipinski definition) is 3. The second-order valence-electron chi connectivity index (χ2n) is 3.39. The van der Waals surface area contributed by atoms with Crippen LogP contribution in [-0.2, 0) is 10.3 Å². The fraction of sp³-hybridized carbons (Fsp3) is 0.364. The van der Waals surface area contributed by atoms with Crippen molar-refractivity contribution >= 4 is 17.7 Å². The fourth-order valence-electron chi connectivity index (χ4n) is 1.37. The number of rotatable bonds is 5. The molecule has 0 fully saturated rings. The molecule has 82 valence electrons. The van der Waals surface area contributed by atoms with Crippen molar-refractivity contribution in [3.8, 4) is 0 Å². The zero-order valence-electron chi connectivity index (χ0n) is 8.64. The molecular formula is C11H15NO2S. The van der Waals surface area contributed by atoms with E-state index in [0.717, 1.165) is 5.75 Å². The first-order chi connectivity index (χ1) is 7.11. The summed E-state index contributed by atoms with van der Waals surface area (Å²) in [5, 5.41) is 9.18. The highest BCUT2D eigenvalue weighted by molar-refractivity contribution is 7.98. The molecular weight excluding hydrogens is 210 g/mol. The molecule has 0 saturated heterocycles. The molecule has 1 rings (SSSR count). The van der Waals surface area contributed by atoms with Gasteiger partial charge in [-0.3, -0.25) is 0 Å². The summed E-state index contributed by atoms with van der Waals surface area (Å²) in [6.07, 6.45) is 2.38. The Balaban J connectivity index is 2.96. The maximum absolute atomic E-state index is 11.2. The predicted molar refractivity (Wildman–Crippen MR) is 62.9 cm³/mol. The average molecular weight is 225 g/mol. The molecule has 0 aliphatic carbocycles. The Labute approximate surface area is 93.7 Å². The monoisotopic (exact) mass is 225 g/mol. The van der Waals surface area contributed by atoms with E-state index in [9.17, 15) is 9.90 Å². The molecule has 0 aliphatic heterocycles. The molecule has 3 N–H and O–H groups in total. The molecule has 15 heavy (non-hydrogen) atoms. The van der Waals surface area contributed by atoms with Crippen molar-refractivity contribution in [2.75, 3.05) is 12.0 Å². The van der Waals surface area contributed by atoms with Gasteiger partial charge in [0, 0.05) is 0 Å². The zero-order chi connectivity index (χ0) is 11.3. The highest BCUT2D eigenvalue weighted by Gasteiger charge is 2.35. The van der Waals surface area contributed by atoms with E-state index in [0.29, 0.717) is 12.0 Å². The zero-order valence-corrected chi connectivity index (χ0v) is 9.46. The van der Waals surface area contributed by atoms with Crippen LogP contribution < -0.4 is 5.73 Å². The molecule has 1 aromatic rings. The number of thioether (sulfide) groups is 1. The van der Waals surface area contributed by atoms with Crippen LogP contribution in [0.5, 0.6) is 0 Å². The smallest absolute Gasteiger partial charge is 0.328 e. The van der Waals surface area contributed by atoms with Crippen LogP contribution in [0.15, 0.2) is 30.3 Å². The van der Waals surface area contributed by atoms with Crippen molar-refractivity contribution in [1.29, 1.82) is 0 Å². The fourth-order valence-corrected chi connectivity index (χ4v) is 1.90. The molecule has 0 heterocycles. The molecule has 0 amide bonds. The van der Waals surface area contributed by atoms with Gasteiger partial charge in [-0.25, -0.2) is 4.79 Å². The van der Waals surface area contributed by atoms with Gasteiger partial charge in [0.25, 0.3) is 0 Å². The molecule has 4 heteroatoms. The average Bonchev–Trinajstić information content (AvgIpc) is 2.27. The van der Waals surface area contributed by atoms with Gasteiger partial charge in [-0.05, 0) is 24.0 Å². The quantitative estimate of drug-likeness (QED) is 0.800. The van der Waals surface area contributed by atoms with Crippen molar-refractivity contribution in [3.05, 3.63) is 35.9 Å². The molecule has 0 aromatic heterocycles. The van der Waals surface area contributed by atoms with Crippen LogP contribution in [0.25, 0.3) is 0 Å². The number of carbonyl (C=O) groups is 1. The number of nitrogens with two attached hydrogens (primary N) is 1. The third-order valence-electron chi connectivity index (χ3n) is 2.37. The first-order valence-electron chi connectivity index (χ1n) is 4.68. The second-order valence-corrected chi connectivity index (χ2v) is 4.37. The predicted octanol–water partition coefficient (Wildman–Crippen LogP) is 1.68. The van der Waals surface area contributed by atoms with Crippen molar-refractivity contribution in [2.24, 2.45) is 5.73 Å². The maximum atomic E-state index is 11.2. The van der Waals surface area contributed by atoms with Crippen LogP contribution in [0.4, 0.5) is 0 Å². The van der Waals surface area contributed by atoms with Gasteiger partial charge in [0.2, 0.25) is 0 Å². The maximum Gasteiger partial charge on any atom is 0.328 e. The Bertz CT molecular complexity index is 329. The van der Waals surface area contributed by atoms with E-state index < -0.39 is 11.5 Å². The van der Waals surface area contributed by atoms with Gasteiger partial charge in [0.05, 0.1) is 0 Å². The van der Waals surface area contributed by atoms with E-state index in [1.54, 1.807) is 36.0 Å². The minimum Gasteiger partial charge on any atom is -0.480 e. The summed E-state index contributed by atoms with van der Waals surface area (Å²) >= 11 is 1.60. The van der Waals surface area contributed by atoms with Crippen LogP contribution in [0.3, 0.4) is 0 Å². The SMILES string of the molecule is CSCCC(N)(C(=O)O)c1ccccc1. The van der Waals surface area contributed by atoms with E-state index in [1.165, 1.54) is 0 Å². The van der Waals surface area contributed by atoms with Gasteiger partial charge >= 0.3 is 5.97 Å². The standard InChI is InChI=1S/C11H15NO2S/c1-15-8-7-11(12,10(13)14)9-5-3-2-4-6-9/h2-6H,7-8,12H2,1H3,(H,13,14). The Kier molecular flexibility index (Phi) is 4.17. The summed E-state index contributed by atoms with van der Waals surface area (Å²) in [6, 6.07) is 8.97. The molecule has 0 bridgehead atoms. The lowest BCUT2D eigenvalue weighted by Crippen LogP contribution is -2.45. The Morgan fingerprint density at radius 2 is 2.07 bits per heavy atom. The molecule has 3 nitrogen and oxygen atoms in total. The van der Waals surface area contributed by atoms with Crippen molar-refractivity contribution < 1.29 is 9.90 Å². The van der Waals surface area contributed by atoms with E-state index >= 15 is 0 Å². The molecule has 1 unspecified atom stereocenters. The Morgan fingerprint density at radius 1 is 1.47 bits per heavy atom. The lowest BCUT2D eigenvalue weighted by Gasteiger charge is -2.24. The van der Waals surface area contributed by atoms with Crippen molar-refractivity contribution in [1.82, 2.24) is 0 Å². The molecule has 0 aliphatic rings. The third-order valence-corrected chi connectivity index (χ3v) is 2.98. The molecule has 1 atom stereocenters. The molecule has 0 saturated carbocycles. The number of benzene rings is 1. The Morgan fingerprint density at radius 3 is 2.53 bits per heavy atom. The van der Waals surface area contributed by atoms with Crippen LogP contribution in [-0.4, -0.2) is 23.1 Å². The van der Waals surface area contributed by atoms with Gasteiger partial charge in [0.15, 0.2) is 0 Å². The van der Waals surface area contributed by atoms with Gasteiger partial charge in [-0.2, -0.15) is 11.8 Å². The second kappa shape index (κ2) is 5.19. The largest absolute Gasteiger partial charge is 0.480 e. The van der Waals surface area contributed by atoms with E-state index in [-0.39, 0.29) is 0 Å². The first-order valence-corrected chi connectivity index (χ1v) is 6.07. The summed E-state index contributed by atoms with van der Waals surface area (Å²) in [6.45, 7) is 0. The van der Waals surface area contributed by atoms with Gasteiger partial charge in [-0.15, -0.1) is 0 Å². The summed E-state index contributed by atoms with van der Waals surface area (Å²) in [5.41, 5.74) is 5.33. The Hall–Kier alpha value is -1.00. The van der Waals surface area contributed by atoms with E-state index in [2.05, 4.69) is 0 Å². The number of hydrogen-bond donors (Lipinski definition) is 2. The topological polar surface area (TPSA) is 63.3 Å². The molecule has 1 aromatic carbocycles. The van der Waals surface area contributed by atoms with E-state index in [4.69, 9.17) is 5.73 Å². The van der Waals surface area contributed by atoms with Crippen molar-refractivity contribution in [2.45, 2.75) is 12.0 Å². The minimum atomic E-state index is -1.26. The van der Waals surface area contributed by atoms with Gasteiger partial charge in [-0.1, -0.05) is 30.3 Å². The highest BCUT2D eigenvalue weighted by Crippen LogP contribution is 2.23. The summed E-state index contributed by atoms with van der Waals surface area (Å²) < 4.78 is 0. The number of carboxylic acid groups (broad SMARTS) is 1. The van der Waals surface area contributed by atoms with Gasteiger partial charge < -0.3 is 10.8 Å².